The Morgan fingerprint density at radius 3 is 2.00 bits per heavy atom. The van der Waals surface area contributed by atoms with Gasteiger partial charge in [0.05, 0.1) is 6.04 Å². The molecule has 0 spiro atoms. The van der Waals surface area contributed by atoms with Crippen LogP contribution in [0.1, 0.15) is 48.0 Å². The van der Waals surface area contributed by atoms with Crippen LogP contribution in [0.3, 0.4) is 0 Å². The fraction of sp³-hybridized carbons (Fsp3) is 0.800. The first kappa shape index (κ1) is 19.1. The van der Waals surface area contributed by atoms with Crippen LogP contribution in [0.25, 0.3) is 0 Å². The molecule has 0 aromatic heterocycles. The summed E-state index contributed by atoms with van der Waals surface area (Å²) < 4.78 is 10.4. The molecular formula is C15H26N2O6. The lowest BCUT2D eigenvalue weighted by Crippen LogP contribution is -2.44. The van der Waals surface area contributed by atoms with Crippen LogP contribution in [0, 0.1) is 0 Å². The highest BCUT2D eigenvalue weighted by Crippen LogP contribution is 2.22. The fourth-order valence-corrected chi connectivity index (χ4v) is 2.17. The standard InChI is InChI=1S/C15H26N2O6/c1-14(2,3)22-12(20)16-9-7-10(11(18)19)17(8-9)13(21)23-15(4,5)6/h9-10H,7-8H2,1-6H3,(H,16,20)(H,18,19). The van der Waals surface area contributed by atoms with Crippen LogP contribution in [0.2, 0.25) is 0 Å². The van der Waals surface area contributed by atoms with Crippen LogP contribution in [-0.2, 0) is 14.3 Å². The molecule has 8 nitrogen and oxygen atoms in total. The second kappa shape index (κ2) is 6.64. The smallest absolute Gasteiger partial charge is 0.411 e. The van der Waals surface area contributed by atoms with Gasteiger partial charge in [-0.25, -0.2) is 14.4 Å². The SMILES string of the molecule is CC(C)(C)OC(=O)NC1CC(C(=O)O)N(C(=O)OC(C)(C)C)C1. The summed E-state index contributed by atoms with van der Waals surface area (Å²) in [5.41, 5.74) is -1.38. The number of carbonyl (C=O) groups is 3. The minimum Gasteiger partial charge on any atom is -0.480 e. The maximum absolute atomic E-state index is 12.1. The first-order valence-electron chi connectivity index (χ1n) is 7.50. The number of carbonyl (C=O) groups excluding carboxylic acids is 2. The number of carboxylic acids is 1. The van der Waals surface area contributed by atoms with Crippen molar-refractivity contribution in [3.63, 3.8) is 0 Å². The van der Waals surface area contributed by atoms with Crippen LogP contribution in [0.15, 0.2) is 0 Å². The molecule has 2 atom stereocenters. The molecule has 1 aliphatic heterocycles. The molecule has 1 aliphatic rings. The van der Waals surface area contributed by atoms with Gasteiger partial charge in [0.1, 0.15) is 17.2 Å². The Kier molecular flexibility index (Phi) is 5.50. The van der Waals surface area contributed by atoms with Crippen molar-refractivity contribution >= 4 is 18.2 Å². The third kappa shape index (κ3) is 6.33. The third-order valence-corrected chi connectivity index (χ3v) is 2.94. The predicted molar refractivity (Wildman–Crippen MR) is 82.1 cm³/mol. The lowest BCUT2D eigenvalue weighted by molar-refractivity contribution is -0.142. The van der Waals surface area contributed by atoms with E-state index in [1.54, 1.807) is 41.5 Å². The first-order valence-corrected chi connectivity index (χ1v) is 7.50. The number of hydrogen-bond acceptors (Lipinski definition) is 5. The lowest BCUT2D eigenvalue weighted by Gasteiger charge is -2.26. The van der Waals surface area contributed by atoms with Crippen molar-refractivity contribution in [1.82, 2.24) is 10.2 Å². The number of ether oxygens (including phenoxy) is 2. The summed E-state index contributed by atoms with van der Waals surface area (Å²) in [4.78, 5) is 36.4. The van der Waals surface area contributed by atoms with Gasteiger partial charge in [-0.2, -0.15) is 0 Å². The van der Waals surface area contributed by atoms with Gasteiger partial charge in [-0.05, 0) is 41.5 Å². The highest BCUT2D eigenvalue weighted by Gasteiger charge is 2.42. The van der Waals surface area contributed by atoms with Gasteiger partial charge in [0.25, 0.3) is 0 Å². The molecule has 1 rings (SSSR count). The fourth-order valence-electron chi connectivity index (χ4n) is 2.17. The van der Waals surface area contributed by atoms with Crippen molar-refractivity contribution in [2.24, 2.45) is 0 Å². The molecule has 2 unspecified atom stereocenters. The molecule has 0 aromatic carbocycles. The average Bonchev–Trinajstić information content (AvgIpc) is 2.67. The second-order valence-electron chi connectivity index (χ2n) is 7.57. The van der Waals surface area contributed by atoms with Crippen molar-refractivity contribution in [3.8, 4) is 0 Å². The summed E-state index contributed by atoms with van der Waals surface area (Å²) in [5.74, 6) is -1.13. The third-order valence-electron chi connectivity index (χ3n) is 2.94. The monoisotopic (exact) mass is 330 g/mol. The predicted octanol–water partition coefficient (Wildman–Crippen LogP) is 1.97. The Hall–Kier alpha value is -1.99. The van der Waals surface area contributed by atoms with E-state index >= 15 is 0 Å². The van der Waals surface area contributed by atoms with E-state index in [2.05, 4.69) is 5.32 Å². The van der Waals surface area contributed by atoms with Crippen molar-refractivity contribution in [2.45, 2.75) is 71.2 Å². The van der Waals surface area contributed by atoms with E-state index in [0.29, 0.717) is 0 Å². The summed E-state index contributed by atoms with van der Waals surface area (Å²) in [6.45, 7) is 10.4. The maximum Gasteiger partial charge on any atom is 0.411 e. The van der Waals surface area contributed by atoms with Crippen LogP contribution in [0.5, 0.6) is 0 Å². The minimum absolute atomic E-state index is 0.0606. The van der Waals surface area contributed by atoms with E-state index < -0.39 is 41.4 Å². The van der Waals surface area contributed by atoms with Crippen molar-refractivity contribution < 1.29 is 29.0 Å². The molecule has 2 amide bonds. The van der Waals surface area contributed by atoms with Gasteiger partial charge in [-0.15, -0.1) is 0 Å². The topological polar surface area (TPSA) is 105 Å². The van der Waals surface area contributed by atoms with E-state index in [-0.39, 0.29) is 13.0 Å². The Morgan fingerprint density at radius 2 is 1.57 bits per heavy atom. The number of likely N-dealkylation sites (tertiary alicyclic amines) is 1. The Balaban J connectivity index is 2.73. The second-order valence-corrected chi connectivity index (χ2v) is 7.57. The molecule has 1 saturated heterocycles. The van der Waals surface area contributed by atoms with Gasteiger partial charge in [0.2, 0.25) is 0 Å². The van der Waals surface area contributed by atoms with Gasteiger partial charge in [0.15, 0.2) is 0 Å². The molecule has 0 radical (unpaired) electrons. The van der Waals surface area contributed by atoms with Crippen molar-refractivity contribution in [1.29, 1.82) is 0 Å². The molecule has 132 valence electrons. The number of carboxylic acid groups (broad SMARTS) is 1. The molecule has 1 heterocycles. The Morgan fingerprint density at radius 1 is 1.04 bits per heavy atom. The molecule has 0 aliphatic carbocycles. The summed E-state index contributed by atoms with van der Waals surface area (Å²) in [6, 6.07) is -1.54. The number of alkyl carbamates (subject to hydrolysis) is 1. The number of nitrogens with one attached hydrogen (secondary N) is 1. The maximum atomic E-state index is 12.1. The molecule has 1 fully saturated rings. The van der Waals surface area contributed by atoms with Crippen LogP contribution >= 0.6 is 0 Å². The molecule has 8 heteroatoms. The van der Waals surface area contributed by atoms with Gasteiger partial charge in [-0.1, -0.05) is 0 Å². The van der Waals surface area contributed by atoms with Crippen molar-refractivity contribution in [3.05, 3.63) is 0 Å². The molecule has 23 heavy (non-hydrogen) atoms. The van der Waals surface area contributed by atoms with Crippen LogP contribution in [-0.4, -0.2) is 58.0 Å². The lowest BCUT2D eigenvalue weighted by atomic mass is 10.2. The van der Waals surface area contributed by atoms with E-state index in [9.17, 15) is 19.5 Å². The number of hydrogen-bond donors (Lipinski definition) is 2. The zero-order chi connectivity index (χ0) is 18.0. The largest absolute Gasteiger partial charge is 0.480 e. The summed E-state index contributed by atoms with van der Waals surface area (Å²) in [7, 11) is 0. The van der Waals surface area contributed by atoms with E-state index in [1.807, 2.05) is 0 Å². The van der Waals surface area contributed by atoms with Crippen molar-refractivity contribution in [2.75, 3.05) is 6.54 Å². The van der Waals surface area contributed by atoms with Gasteiger partial charge >= 0.3 is 18.2 Å². The zero-order valence-corrected chi connectivity index (χ0v) is 14.5. The van der Waals surface area contributed by atoms with E-state index in [0.717, 1.165) is 4.90 Å². The first-order chi connectivity index (χ1) is 10.3. The van der Waals surface area contributed by atoms with Crippen LogP contribution in [0.4, 0.5) is 9.59 Å². The summed E-state index contributed by atoms with van der Waals surface area (Å²) in [5, 5.41) is 11.9. The average molecular weight is 330 g/mol. The normalized spacial score (nSPS) is 21.7. The number of rotatable bonds is 2. The van der Waals surface area contributed by atoms with E-state index in [4.69, 9.17) is 9.47 Å². The van der Waals surface area contributed by atoms with Gasteiger partial charge < -0.3 is 19.9 Å². The number of amides is 2. The summed E-state index contributed by atoms with van der Waals surface area (Å²) >= 11 is 0. The Labute approximate surface area is 136 Å². The molecule has 0 bridgehead atoms. The number of aliphatic carboxylic acids is 1. The van der Waals surface area contributed by atoms with E-state index in [1.165, 1.54) is 0 Å². The quantitative estimate of drug-likeness (QED) is 0.802. The number of nitrogens with zero attached hydrogens (tertiary/aromatic N) is 1. The molecule has 2 N–H and O–H groups in total. The molecule has 0 saturated carbocycles. The summed E-state index contributed by atoms with van der Waals surface area (Å²) in [6.07, 6.45) is -1.25. The minimum atomic E-state index is -1.13. The Bertz CT molecular complexity index is 477. The zero-order valence-electron chi connectivity index (χ0n) is 14.5. The molecule has 0 aromatic rings. The highest BCUT2D eigenvalue weighted by atomic mass is 16.6. The van der Waals surface area contributed by atoms with Gasteiger partial charge in [0, 0.05) is 13.0 Å². The molecular weight excluding hydrogens is 304 g/mol. The van der Waals surface area contributed by atoms with Gasteiger partial charge in [-0.3, -0.25) is 4.90 Å². The van der Waals surface area contributed by atoms with Crippen LogP contribution < -0.4 is 5.32 Å². The highest BCUT2D eigenvalue weighted by molar-refractivity contribution is 5.81.